The Kier molecular flexibility index (Phi) is 8.31. The molecule has 1 atom stereocenters. The molecule has 1 aromatic rings. The molecule has 0 radical (unpaired) electrons. The number of carbonyl (C=O) groups excluding carboxylic acids is 1. The van der Waals surface area contributed by atoms with Gasteiger partial charge in [0.15, 0.2) is 0 Å². The number of nitrogens with one attached hydrogen (secondary N) is 1. The third-order valence-corrected chi connectivity index (χ3v) is 6.43. The number of hydrogen-bond acceptors (Lipinski definition) is 7. The second kappa shape index (κ2) is 10.3. The van der Waals surface area contributed by atoms with Crippen molar-refractivity contribution in [3.63, 3.8) is 0 Å². The van der Waals surface area contributed by atoms with Crippen molar-refractivity contribution in [1.82, 2.24) is 0 Å². The molecule has 2 rings (SSSR count). The van der Waals surface area contributed by atoms with Crippen LogP contribution in [0.4, 0.5) is 5.69 Å². The summed E-state index contributed by atoms with van der Waals surface area (Å²) < 4.78 is 69.8. The summed E-state index contributed by atoms with van der Waals surface area (Å²) in [6.07, 6.45) is 4.05. The van der Waals surface area contributed by atoms with Gasteiger partial charge in [0, 0.05) is 24.3 Å². The predicted molar refractivity (Wildman–Crippen MR) is 110 cm³/mol. The first-order valence-corrected chi connectivity index (χ1v) is 12.2. The molecule has 0 aromatic heterocycles. The highest BCUT2D eigenvalue weighted by Crippen LogP contribution is 2.32. The summed E-state index contributed by atoms with van der Waals surface area (Å²) in [6.45, 7) is -0.118. The zero-order valence-corrected chi connectivity index (χ0v) is 18.0. The van der Waals surface area contributed by atoms with Crippen molar-refractivity contribution < 1.29 is 45.4 Å². The van der Waals surface area contributed by atoms with Crippen molar-refractivity contribution in [3.8, 4) is 0 Å². The van der Waals surface area contributed by atoms with Gasteiger partial charge < -0.3 is 15.2 Å². The van der Waals surface area contributed by atoms with Crippen LogP contribution < -0.4 is 5.32 Å². The number of ether oxygens (including phenoxy) is 1. The number of carboxylic acid groups (broad SMARTS) is 1. The number of unbranched alkanes of at least 4 members (excludes halogenated alkanes) is 2. The van der Waals surface area contributed by atoms with E-state index >= 15 is 0 Å². The first-order valence-electron chi connectivity index (χ1n) is 9.26. The normalized spacial score (nSPS) is 16.0. The molecule has 0 saturated heterocycles. The number of amides is 1. The van der Waals surface area contributed by atoms with Crippen molar-refractivity contribution in [2.45, 2.75) is 42.2 Å². The Hall–Kier alpha value is -2.32. The quantitative estimate of drug-likeness (QED) is 0.268. The van der Waals surface area contributed by atoms with Gasteiger partial charge in [0.05, 0.1) is 4.90 Å². The Morgan fingerprint density at radius 2 is 1.81 bits per heavy atom. The summed E-state index contributed by atoms with van der Waals surface area (Å²) in [5, 5.41) is 9.74. The standard InChI is InChI=1S/C18H23NO10S2/c20-17(11-29-7-3-1-2-4-18(21)22)19-16-10-14(31(26,27)28)9-12-8-13(30(23,24)25)5-6-15(12)16/h5-6,9-10,13H,1-4,7-8,11H2,(H,19,20)(H,21,22)(H,23,24,25)(H,26,27,28). The lowest BCUT2D eigenvalue weighted by molar-refractivity contribution is -0.137. The lowest BCUT2D eigenvalue weighted by Gasteiger charge is -2.21. The van der Waals surface area contributed by atoms with Crippen molar-refractivity contribution in [3.05, 3.63) is 29.3 Å². The van der Waals surface area contributed by atoms with E-state index in [0.717, 1.165) is 12.1 Å². The molecule has 0 saturated carbocycles. The molecule has 0 bridgehead atoms. The van der Waals surface area contributed by atoms with Crippen molar-refractivity contribution in [1.29, 1.82) is 0 Å². The molecule has 1 aromatic carbocycles. The van der Waals surface area contributed by atoms with Gasteiger partial charge in [0.1, 0.15) is 11.9 Å². The van der Waals surface area contributed by atoms with E-state index in [1.165, 1.54) is 12.2 Å². The fraction of sp³-hybridized carbons (Fsp3) is 0.444. The number of anilines is 1. The lowest BCUT2D eigenvalue weighted by Crippen LogP contribution is -2.25. The highest BCUT2D eigenvalue weighted by atomic mass is 32.2. The van der Waals surface area contributed by atoms with Crippen LogP contribution in [-0.4, -0.2) is 61.4 Å². The van der Waals surface area contributed by atoms with Crippen molar-refractivity contribution in [2.24, 2.45) is 0 Å². The fourth-order valence-electron chi connectivity index (χ4n) is 3.00. The van der Waals surface area contributed by atoms with Gasteiger partial charge in [-0.05, 0) is 37.0 Å². The molecule has 1 aliphatic carbocycles. The number of rotatable bonds is 11. The van der Waals surface area contributed by atoms with E-state index in [1.807, 2.05) is 0 Å². The van der Waals surface area contributed by atoms with Crippen LogP contribution in [0.5, 0.6) is 0 Å². The molecule has 0 aliphatic heterocycles. The average Bonchev–Trinajstić information content (AvgIpc) is 2.65. The van der Waals surface area contributed by atoms with Crippen LogP contribution in [0, 0.1) is 0 Å². The molecule has 13 heteroatoms. The van der Waals surface area contributed by atoms with Crippen LogP contribution in [0.25, 0.3) is 6.08 Å². The van der Waals surface area contributed by atoms with E-state index in [9.17, 15) is 35.5 Å². The Balaban J connectivity index is 2.07. The second-order valence-corrected chi connectivity index (χ2v) is 10.00. The molecule has 1 aliphatic rings. The van der Waals surface area contributed by atoms with E-state index in [0.29, 0.717) is 24.8 Å². The number of hydrogen-bond donors (Lipinski definition) is 4. The van der Waals surface area contributed by atoms with Crippen LogP contribution in [0.1, 0.15) is 36.8 Å². The Morgan fingerprint density at radius 1 is 1.10 bits per heavy atom. The van der Waals surface area contributed by atoms with Gasteiger partial charge in [-0.2, -0.15) is 16.8 Å². The Labute approximate surface area is 179 Å². The van der Waals surface area contributed by atoms with Gasteiger partial charge in [-0.1, -0.05) is 18.6 Å². The third-order valence-electron chi connectivity index (χ3n) is 4.50. The molecule has 4 N–H and O–H groups in total. The smallest absolute Gasteiger partial charge is 0.303 e. The van der Waals surface area contributed by atoms with Crippen LogP contribution in [-0.2, 0) is 41.0 Å². The summed E-state index contributed by atoms with van der Waals surface area (Å²) in [7, 11) is -9.06. The van der Waals surface area contributed by atoms with Crippen LogP contribution in [0.15, 0.2) is 23.1 Å². The van der Waals surface area contributed by atoms with Gasteiger partial charge >= 0.3 is 5.97 Å². The molecule has 0 spiro atoms. The third kappa shape index (κ3) is 7.70. The molecule has 172 valence electrons. The average molecular weight is 478 g/mol. The zero-order chi connectivity index (χ0) is 23.2. The summed E-state index contributed by atoms with van der Waals surface area (Å²) in [5.74, 6) is -1.49. The van der Waals surface area contributed by atoms with Gasteiger partial charge in [0.25, 0.3) is 20.2 Å². The molecule has 0 heterocycles. The first kappa shape index (κ1) is 24.9. The van der Waals surface area contributed by atoms with E-state index < -0.39 is 42.3 Å². The SMILES string of the molecule is O=C(O)CCCCCOCC(=O)Nc1cc(S(=O)(=O)O)cc2c1C=CC(S(=O)(=O)O)C2. The van der Waals surface area contributed by atoms with Crippen molar-refractivity contribution in [2.75, 3.05) is 18.5 Å². The van der Waals surface area contributed by atoms with Crippen LogP contribution in [0.2, 0.25) is 0 Å². The minimum atomic E-state index is -4.64. The molecular weight excluding hydrogens is 454 g/mol. The fourth-order valence-corrected chi connectivity index (χ4v) is 4.23. The maximum atomic E-state index is 12.2. The minimum Gasteiger partial charge on any atom is -0.481 e. The van der Waals surface area contributed by atoms with Gasteiger partial charge in [-0.3, -0.25) is 18.7 Å². The monoisotopic (exact) mass is 477 g/mol. The van der Waals surface area contributed by atoms with E-state index in [2.05, 4.69) is 5.32 Å². The second-order valence-electron chi connectivity index (χ2n) is 6.94. The summed E-state index contributed by atoms with van der Waals surface area (Å²) in [6, 6.07) is 2.12. The van der Waals surface area contributed by atoms with E-state index in [1.54, 1.807) is 0 Å². The highest BCUT2D eigenvalue weighted by molar-refractivity contribution is 7.86. The summed E-state index contributed by atoms with van der Waals surface area (Å²) in [4.78, 5) is 22.1. The largest absolute Gasteiger partial charge is 0.481 e. The molecule has 0 fully saturated rings. The number of fused-ring (bicyclic) bond motifs is 1. The maximum absolute atomic E-state index is 12.2. The van der Waals surface area contributed by atoms with Crippen molar-refractivity contribution >= 4 is 43.9 Å². The Bertz CT molecular complexity index is 1080. The summed E-state index contributed by atoms with van der Waals surface area (Å²) in [5.41, 5.74) is 0.578. The van der Waals surface area contributed by atoms with E-state index in [4.69, 9.17) is 9.84 Å². The van der Waals surface area contributed by atoms with Gasteiger partial charge in [-0.25, -0.2) is 0 Å². The maximum Gasteiger partial charge on any atom is 0.303 e. The lowest BCUT2D eigenvalue weighted by atomic mass is 9.95. The summed E-state index contributed by atoms with van der Waals surface area (Å²) >= 11 is 0. The number of aliphatic carboxylic acids is 1. The number of carboxylic acids is 1. The van der Waals surface area contributed by atoms with Crippen LogP contribution in [0.3, 0.4) is 0 Å². The number of benzene rings is 1. The van der Waals surface area contributed by atoms with Gasteiger partial charge in [-0.15, -0.1) is 0 Å². The zero-order valence-electron chi connectivity index (χ0n) is 16.4. The first-order chi connectivity index (χ1) is 14.4. The highest BCUT2D eigenvalue weighted by Gasteiger charge is 2.27. The molecule has 1 unspecified atom stereocenters. The number of carbonyl (C=O) groups is 2. The predicted octanol–water partition coefficient (Wildman–Crippen LogP) is 1.36. The molecule has 1 amide bonds. The topological polar surface area (TPSA) is 184 Å². The van der Waals surface area contributed by atoms with Crippen LogP contribution >= 0.6 is 0 Å². The van der Waals surface area contributed by atoms with E-state index in [-0.39, 0.29) is 37.3 Å². The molecule has 11 nitrogen and oxygen atoms in total. The molecule has 31 heavy (non-hydrogen) atoms. The Morgan fingerprint density at radius 3 is 2.42 bits per heavy atom. The minimum absolute atomic E-state index is 0.0326. The molecular formula is C18H23NO10S2. The van der Waals surface area contributed by atoms with Gasteiger partial charge in [0.2, 0.25) is 5.91 Å².